The zero-order chi connectivity index (χ0) is 13.1. The standard InChI is InChI=1S/C17H28O/c1-11-5-6-12(9-15(11)18)14-10-13-7-8-17(14,4)16(13,2)3/h11-14H,5-10H2,1-4H3/t11?,12?,13-,14+,17+/m1/s1. The highest BCUT2D eigenvalue weighted by molar-refractivity contribution is 5.81. The Morgan fingerprint density at radius 2 is 1.83 bits per heavy atom. The van der Waals surface area contributed by atoms with Gasteiger partial charge in [-0.1, -0.05) is 27.7 Å². The van der Waals surface area contributed by atoms with E-state index in [0.29, 0.717) is 28.4 Å². The van der Waals surface area contributed by atoms with Crippen LogP contribution in [0, 0.1) is 34.5 Å². The average Bonchev–Trinajstić information content (AvgIpc) is 2.65. The summed E-state index contributed by atoms with van der Waals surface area (Å²) in [4.78, 5) is 12.0. The maximum atomic E-state index is 12.0. The van der Waals surface area contributed by atoms with E-state index >= 15 is 0 Å². The van der Waals surface area contributed by atoms with Crippen LogP contribution in [0.15, 0.2) is 0 Å². The Morgan fingerprint density at radius 3 is 2.33 bits per heavy atom. The average molecular weight is 248 g/mol. The molecular formula is C17H28O. The molecule has 0 aromatic rings. The summed E-state index contributed by atoms with van der Waals surface area (Å²) in [5.74, 6) is 3.31. The first-order valence-corrected chi connectivity index (χ1v) is 7.89. The van der Waals surface area contributed by atoms with Crippen LogP contribution in [0.4, 0.5) is 0 Å². The largest absolute Gasteiger partial charge is 0.299 e. The normalized spacial score (nSPS) is 50.8. The zero-order valence-corrected chi connectivity index (χ0v) is 12.5. The van der Waals surface area contributed by atoms with Gasteiger partial charge in [0.1, 0.15) is 5.78 Å². The number of carbonyl (C=O) groups excluding carboxylic acids is 1. The lowest BCUT2D eigenvalue weighted by Gasteiger charge is -2.44. The van der Waals surface area contributed by atoms with Crippen molar-refractivity contribution in [2.24, 2.45) is 34.5 Å². The highest BCUT2D eigenvalue weighted by Gasteiger charge is 2.62. The molecule has 0 aromatic carbocycles. The number of carbonyl (C=O) groups is 1. The summed E-state index contributed by atoms with van der Waals surface area (Å²) in [6.07, 6.45) is 7.55. The Hall–Kier alpha value is -0.330. The number of rotatable bonds is 1. The number of fused-ring (bicyclic) bond motifs is 2. The Bertz CT molecular complexity index is 370. The van der Waals surface area contributed by atoms with Crippen LogP contribution in [-0.2, 0) is 4.79 Å². The molecule has 0 aliphatic heterocycles. The molecule has 2 unspecified atom stereocenters. The van der Waals surface area contributed by atoms with Gasteiger partial charge in [0.2, 0.25) is 0 Å². The number of ketones is 1. The second-order valence-electron chi connectivity index (χ2n) is 8.13. The molecule has 3 saturated carbocycles. The van der Waals surface area contributed by atoms with Crippen molar-refractivity contribution in [3.63, 3.8) is 0 Å². The molecule has 0 saturated heterocycles. The van der Waals surface area contributed by atoms with E-state index in [1.165, 1.54) is 25.7 Å². The van der Waals surface area contributed by atoms with Crippen molar-refractivity contribution >= 4 is 5.78 Å². The Kier molecular flexibility index (Phi) is 2.70. The van der Waals surface area contributed by atoms with Crippen molar-refractivity contribution in [2.75, 3.05) is 0 Å². The van der Waals surface area contributed by atoms with Gasteiger partial charge in [0, 0.05) is 12.3 Å². The maximum absolute atomic E-state index is 12.0. The topological polar surface area (TPSA) is 17.1 Å². The molecule has 1 nitrogen and oxygen atoms in total. The van der Waals surface area contributed by atoms with Crippen molar-refractivity contribution in [1.29, 1.82) is 0 Å². The first kappa shape index (κ1) is 12.7. The Morgan fingerprint density at radius 1 is 1.11 bits per heavy atom. The van der Waals surface area contributed by atoms with Gasteiger partial charge in [-0.25, -0.2) is 0 Å². The molecule has 0 N–H and O–H groups in total. The van der Waals surface area contributed by atoms with Crippen LogP contribution in [0.25, 0.3) is 0 Å². The van der Waals surface area contributed by atoms with E-state index in [1.54, 1.807) is 0 Å². The lowest BCUT2D eigenvalue weighted by atomic mass is 9.60. The smallest absolute Gasteiger partial charge is 0.135 e. The van der Waals surface area contributed by atoms with Gasteiger partial charge in [0.25, 0.3) is 0 Å². The van der Waals surface area contributed by atoms with E-state index in [4.69, 9.17) is 0 Å². The minimum absolute atomic E-state index is 0.334. The van der Waals surface area contributed by atoms with Gasteiger partial charge in [0.15, 0.2) is 0 Å². The van der Waals surface area contributed by atoms with Crippen molar-refractivity contribution in [1.82, 2.24) is 0 Å². The minimum atomic E-state index is 0.334. The van der Waals surface area contributed by atoms with Crippen molar-refractivity contribution in [3.05, 3.63) is 0 Å². The van der Waals surface area contributed by atoms with Crippen LogP contribution in [0.5, 0.6) is 0 Å². The van der Waals surface area contributed by atoms with Gasteiger partial charge in [-0.05, 0) is 60.7 Å². The summed E-state index contributed by atoms with van der Waals surface area (Å²) in [5.41, 5.74) is 1.01. The number of Topliss-reactive ketones (excluding diaryl/α,β-unsaturated/α-hetero) is 1. The maximum Gasteiger partial charge on any atom is 0.135 e. The summed E-state index contributed by atoms with van der Waals surface area (Å²) in [6.45, 7) is 9.61. The summed E-state index contributed by atoms with van der Waals surface area (Å²) in [7, 11) is 0. The molecule has 2 bridgehead atoms. The molecule has 0 heterocycles. The van der Waals surface area contributed by atoms with Crippen LogP contribution in [0.3, 0.4) is 0 Å². The summed E-state index contributed by atoms with van der Waals surface area (Å²) >= 11 is 0. The van der Waals surface area contributed by atoms with Gasteiger partial charge in [-0.3, -0.25) is 4.79 Å². The van der Waals surface area contributed by atoms with Gasteiger partial charge in [0.05, 0.1) is 0 Å². The molecule has 0 aromatic heterocycles. The predicted molar refractivity (Wildman–Crippen MR) is 74.2 cm³/mol. The van der Waals surface area contributed by atoms with Crippen LogP contribution in [-0.4, -0.2) is 5.78 Å². The van der Waals surface area contributed by atoms with Gasteiger partial charge < -0.3 is 0 Å². The summed E-state index contributed by atoms with van der Waals surface area (Å²) < 4.78 is 0. The van der Waals surface area contributed by atoms with Crippen LogP contribution in [0.2, 0.25) is 0 Å². The van der Waals surface area contributed by atoms with E-state index in [2.05, 4.69) is 27.7 Å². The molecule has 3 rings (SSSR count). The van der Waals surface area contributed by atoms with E-state index in [0.717, 1.165) is 24.7 Å². The molecule has 0 spiro atoms. The molecule has 3 aliphatic rings. The number of hydrogen-bond donors (Lipinski definition) is 0. The lowest BCUT2D eigenvalue weighted by Crippen LogP contribution is -2.38. The second kappa shape index (κ2) is 3.84. The molecule has 5 atom stereocenters. The SMILES string of the molecule is CC1CCC([C@@H]2C[C@H]3CC[C@]2(C)C3(C)C)CC1=O. The minimum Gasteiger partial charge on any atom is -0.299 e. The Balaban J connectivity index is 1.81. The third-order valence-corrected chi connectivity index (χ3v) is 7.41. The Labute approximate surface area is 112 Å². The van der Waals surface area contributed by atoms with Crippen LogP contribution in [0.1, 0.15) is 66.2 Å². The summed E-state index contributed by atoms with van der Waals surface area (Å²) in [6, 6.07) is 0. The predicted octanol–water partition coefficient (Wildman–Crippen LogP) is 4.45. The summed E-state index contributed by atoms with van der Waals surface area (Å²) in [5, 5.41) is 0. The third-order valence-electron chi connectivity index (χ3n) is 7.41. The first-order chi connectivity index (χ1) is 8.36. The van der Waals surface area contributed by atoms with Crippen LogP contribution < -0.4 is 0 Å². The van der Waals surface area contributed by atoms with Gasteiger partial charge >= 0.3 is 0 Å². The van der Waals surface area contributed by atoms with Crippen molar-refractivity contribution in [3.8, 4) is 0 Å². The fourth-order valence-corrected chi connectivity index (χ4v) is 5.51. The zero-order valence-electron chi connectivity index (χ0n) is 12.5. The van der Waals surface area contributed by atoms with Gasteiger partial charge in [-0.2, -0.15) is 0 Å². The van der Waals surface area contributed by atoms with E-state index in [1.807, 2.05) is 0 Å². The van der Waals surface area contributed by atoms with Crippen molar-refractivity contribution in [2.45, 2.75) is 66.2 Å². The van der Waals surface area contributed by atoms with E-state index < -0.39 is 0 Å². The molecular weight excluding hydrogens is 220 g/mol. The molecule has 3 aliphatic carbocycles. The van der Waals surface area contributed by atoms with E-state index in [-0.39, 0.29) is 0 Å². The highest BCUT2D eigenvalue weighted by atomic mass is 16.1. The first-order valence-electron chi connectivity index (χ1n) is 7.89. The molecule has 102 valence electrons. The fraction of sp³-hybridized carbons (Fsp3) is 0.941. The molecule has 3 fully saturated rings. The molecule has 18 heavy (non-hydrogen) atoms. The molecule has 0 amide bonds. The third kappa shape index (κ3) is 1.48. The number of hydrogen-bond acceptors (Lipinski definition) is 1. The van der Waals surface area contributed by atoms with Gasteiger partial charge in [-0.15, -0.1) is 0 Å². The van der Waals surface area contributed by atoms with Crippen molar-refractivity contribution < 1.29 is 4.79 Å². The second-order valence-corrected chi connectivity index (χ2v) is 8.13. The molecule has 0 radical (unpaired) electrons. The quantitative estimate of drug-likeness (QED) is 0.670. The lowest BCUT2D eigenvalue weighted by molar-refractivity contribution is -0.127. The van der Waals surface area contributed by atoms with Crippen LogP contribution >= 0.6 is 0 Å². The highest BCUT2D eigenvalue weighted by Crippen LogP contribution is 2.70. The fourth-order valence-electron chi connectivity index (χ4n) is 5.51. The molecule has 1 heteroatoms. The van der Waals surface area contributed by atoms with E-state index in [9.17, 15) is 4.79 Å². The monoisotopic (exact) mass is 248 g/mol.